The Balaban J connectivity index is 1.73. The van der Waals surface area contributed by atoms with Gasteiger partial charge in [0.25, 0.3) is 0 Å². The first-order chi connectivity index (χ1) is 12.0. The summed E-state index contributed by atoms with van der Waals surface area (Å²) in [6, 6.07) is 11.7. The monoisotopic (exact) mass is 361 g/mol. The number of benzene rings is 1. The summed E-state index contributed by atoms with van der Waals surface area (Å²) in [5, 5.41) is 3.28. The molecule has 8 heteroatoms. The molecular weight excluding hydrogens is 338 g/mol. The number of rotatable bonds is 5. The van der Waals surface area contributed by atoms with Crippen molar-refractivity contribution in [2.75, 3.05) is 42.1 Å². The van der Waals surface area contributed by atoms with Crippen LogP contribution in [0.25, 0.3) is 0 Å². The summed E-state index contributed by atoms with van der Waals surface area (Å²) in [5.74, 6) is 1.50. The van der Waals surface area contributed by atoms with Crippen molar-refractivity contribution in [3.63, 3.8) is 0 Å². The third kappa shape index (κ3) is 4.26. The van der Waals surface area contributed by atoms with Crippen molar-refractivity contribution in [3.8, 4) is 0 Å². The minimum Gasteiger partial charge on any atom is -0.340 e. The van der Waals surface area contributed by atoms with E-state index in [2.05, 4.69) is 15.3 Å². The molecule has 1 aromatic carbocycles. The van der Waals surface area contributed by atoms with Crippen LogP contribution in [0, 0.1) is 6.92 Å². The lowest BCUT2D eigenvalue weighted by atomic mass is 10.3. The fraction of sp³-hybridized carbons (Fsp3) is 0.412. The Morgan fingerprint density at radius 2 is 1.76 bits per heavy atom. The highest BCUT2D eigenvalue weighted by Gasteiger charge is 2.26. The highest BCUT2D eigenvalue weighted by Crippen LogP contribution is 2.20. The van der Waals surface area contributed by atoms with Crippen LogP contribution in [0.5, 0.6) is 0 Å². The molecule has 1 aromatic heterocycles. The molecule has 25 heavy (non-hydrogen) atoms. The van der Waals surface area contributed by atoms with Crippen LogP contribution in [0.15, 0.2) is 36.4 Å². The summed E-state index contributed by atoms with van der Waals surface area (Å²) < 4.78 is 25.5. The molecule has 0 bridgehead atoms. The molecule has 2 heterocycles. The molecule has 134 valence electrons. The Morgan fingerprint density at radius 3 is 2.40 bits per heavy atom. The Kier molecular flexibility index (Phi) is 5.19. The van der Waals surface area contributed by atoms with Gasteiger partial charge in [-0.25, -0.2) is 13.4 Å². The highest BCUT2D eigenvalue weighted by atomic mass is 32.2. The molecular formula is C17H23N5O2S. The van der Waals surface area contributed by atoms with E-state index in [1.54, 1.807) is 11.2 Å². The van der Waals surface area contributed by atoms with Crippen molar-refractivity contribution in [1.29, 1.82) is 0 Å². The van der Waals surface area contributed by atoms with E-state index in [1.165, 1.54) is 0 Å². The molecule has 1 N–H and O–H groups in total. The molecule has 0 amide bonds. The first-order valence-electron chi connectivity index (χ1n) is 8.38. The second kappa shape index (κ2) is 7.37. The van der Waals surface area contributed by atoms with E-state index in [0.717, 1.165) is 17.2 Å². The molecule has 0 spiro atoms. The number of hydrogen-bond acceptors (Lipinski definition) is 6. The molecule has 1 saturated heterocycles. The maximum absolute atomic E-state index is 12.0. The van der Waals surface area contributed by atoms with Gasteiger partial charge in [0.2, 0.25) is 16.0 Å². The summed E-state index contributed by atoms with van der Waals surface area (Å²) in [6.45, 7) is 5.72. The quantitative estimate of drug-likeness (QED) is 0.878. The van der Waals surface area contributed by atoms with E-state index in [1.807, 2.05) is 48.2 Å². The second-order valence-corrected chi connectivity index (χ2v) is 8.23. The smallest absolute Gasteiger partial charge is 0.227 e. The fourth-order valence-corrected chi connectivity index (χ4v) is 3.86. The van der Waals surface area contributed by atoms with Crippen LogP contribution < -0.4 is 10.2 Å². The molecule has 0 radical (unpaired) electrons. The topological polar surface area (TPSA) is 78.4 Å². The Morgan fingerprint density at radius 1 is 1.08 bits per heavy atom. The van der Waals surface area contributed by atoms with Gasteiger partial charge in [0, 0.05) is 43.6 Å². The number of piperazine rings is 1. The molecule has 1 fully saturated rings. The van der Waals surface area contributed by atoms with Crippen LogP contribution >= 0.6 is 0 Å². The Hall–Kier alpha value is -2.19. The van der Waals surface area contributed by atoms with Crippen molar-refractivity contribution < 1.29 is 8.42 Å². The minimum absolute atomic E-state index is 0.138. The summed E-state index contributed by atoms with van der Waals surface area (Å²) >= 11 is 0. The van der Waals surface area contributed by atoms with Gasteiger partial charge in [-0.3, -0.25) is 0 Å². The van der Waals surface area contributed by atoms with Crippen LogP contribution in [-0.4, -0.2) is 54.6 Å². The number of para-hydroxylation sites is 1. The van der Waals surface area contributed by atoms with Gasteiger partial charge in [-0.1, -0.05) is 18.2 Å². The lowest BCUT2D eigenvalue weighted by molar-refractivity contribution is 0.383. The predicted octanol–water partition coefficient (Wildman–Crippen LogP) is 2.00. The number of aryl methyl sites for hydroxylation is 1. The number of aromatic nitrogens is 2. The van der Waals surface area contributed by atoms with Gasteiger partial charge < -0.3 is 10.2 Å². The van der Waals surface area contributed by atoms with Gasteiger partial charge in [0.1, 0.15) is 5.82 Å². The Labute approximate surface area is 148 Å². The molecule has 7 nitrogen and oxygen atoms in total. The number of nitrogens with one attached hydrogen (secondary N) is 1. The zero-order valence-corrected chi connectivity index (χ0v) is 15.3. The lowest BCUT2D eigenvalue weighted by Gasteiger charge is -2.34. The average Bonchev–Trinajstić information content (AvgIpc) is 2.62. The normalized spacial score (nSPS) is 16.0. The first kappa shape index (κ1) is 17.6. The summed E-state index contributed by atoms with van der Waals surface area (Å²) in [6.07, 6.45) is 0. The van der Waals surface area contributed by atoms with E-state index in [0.29, 0.717) is 32.1 Å². The van der Waals surface area contributed by atoms with E-state index in [4.69, 9.17) is 0 Å². The van der Waals surface area contributed by atoms with E-state index < -0.39 is 10.0 Å². The van der Waals surface area contributed by atoms with Gasteiger partial charge in [0.15, 0.2) is 0 Å². The number of sulfonamides is 1. The highest BCUT2D eigenvalue weighted by molar-refractivity contribution is 7.89. The zero-order valence-electron chi connectivity index (χ0n) is 14.5. The van der Waals surface area contributed by atoms with Crippen molar-refractivity contribution >= 4 is 27.5 Å². The standard InChI is InChI=1S/C17H23N5O2S/c1-3-25(23,24)22-11-9-21(10-12-22)17-18-14(2)13-16(20-17)19-15-7-5-4-6-8-15/h4-8,13H,3,9-12H2,1-2H3,(H,18,19,20). The molecule has 0 saturated carbocycles. The van der Waals surface area contributed by atoms with Gasteiger partial charge >= 0.3 is 0 Å². The molecule has 1 aliphatic heterocycles. The number of anilines is 3. The second-order valence-electron chi connectivity index (χ2n) is 5.97. The minimum atomic E-state index is -3.13. The summed E-state index contributed by atoms with van der Waals surface area (Å²) in [7, 11) is -3.13. The van der Waals surface area contributed by atoms with Gasteiger partial charge in [-0.05, 0) is 26.0 Å². The molecule has 2 aromatic rings. The third-order valence-electron chi connectivity index (χ3n) is 4.17. The van der Waals surface area contributed by atoms with Crippen LogP contribution in [-0.2, 0) is 10.0 Å². The third-order valence-corrected chi connectivity index (χ3v) is 6.05. The van der Waals surface area contributed by atoms with Crippen LogP contribution in [0.3, 0.4) is 0 Å². The molecule has 0 unspecified atom stereocenters. The van der Waals surface area contributed by atoms with E-state index in [-0.39, 0.29) is 5.75 Å². The maximum atomic E-state index is 12.0. The predicted molar refractivity (Wildman–Crippen MR) is 99.7 cm³/mol. The lowest BCUT2D eigenvalue weighted by Crippen LogP contribution is -2.49. The van der Waals surface area contributed by atoms with Crippen molar-refractivity contribution in [3.05, 3.63) is 42.1 Å². The summed E-state index contributed by atoms with van der Waals surface area (Å²) in [4.78, 5) is 11.1. The molecule has 0 atom stereocenters. The average molecular weight is 361 g/mol. The maximum Gasteiger partial charge on any atom is 0.227 e. The van der Waals surface area contributed by atoms with Gasteiger partial charge in [0.05, 0.1) is 5.75 Å². The molecule has 0 aliphatic carbocycles. The largest absolute Gasteiger partial charge is 0.340 e. The van der Waals surface area contributed by atoms with Crippen LogP contribution in [0.4, 0.5) is 17.5 Å². The van der Waals surface area contributed by atoms with Gasteiger partial charge in [-0.15, -0.1) is 0 Å². The Bertz CT molecular complexity index is 818. The molecule has 1 aliphatic rings. The number of hydrogen-bond donors (Lipinski definition) is 1. The van der Waals surface area contributed by atoms with Crippen molar-refractivity contribution in [2.24, 2.45) is 0 Å². The zero-order chi connectivity index (χ0) is 17.9. The van der Waals surface area contributed by atoms with Crippen LogP contribution in [0.1, 0.15) is 12.6 Å². The number of nitrogens with zero attached hydrogens (tertiary/aromatic N) is 4. The van der Waals surface area contributed by atoms with Crippen LogP contribution in [0.2, 0.25) is 0 Å². The van der Waals surface area contributed by atoms with E-state index >= 15 is 0 Å². The van der Waals surface area contributed by atoms with Crippen molar-refractivity contribution in [2.45, 2.75) is 13.8 Å². The van der Waals surface area contributed by atoms with Crippen molar-refractivity contribution in [1.82, 2.24) is 14.3 Å². The first-order valence-corrected chi connectivity index (χ1v) is 9.99. The molecule has 3 rings (SSSR count). The fourth-order valence-electron chi connectivity index (χ4n) is 2.78. The summed E-state index contributed by atoms with van der Waals surface area (Å²) in [5.41, 5.74) is 1.83. The van der Waals surface area contributed by atoms with Gasteiger partial charge in [-0.2, -0.15) is 9.29 Å². The van der Waals surface area contributed by atoms with E-state index in [9.17, 15) is 8.42 Å². The SMILES string of the molecule is CCS(=O)(=O)N1CCN(c2nc(C)cc(Nc3ccccc3)n2)CC1.